The first kappa shape index (κ1) is 19.1. The Balaban J connectivity index is 1.68. The number of rotatable bonds is 8. The molecule has 6 nitrogen and oxygen atoms in total. The SMILES string of the molecule is COCCNC(=O)CSCc1nc2scc(-c3ccc(C)s3)c2c(=O)[nH]1. The Bertz CT molecular complexity index is 961. The van der Waals surface area contributed by atoms with E-state index in [1.165, 1.54) is 28.0 Å². The Morgan fingerprint density at radius 2 is 2.27 bits per heavy atom. The molecule has 0 spiro atoms. The summed E-state index contributed by atoms with van der Waals surface area (Å²) in [5.41, 5.74) is 0.811. The zero-order valence-electron chi connectivity index (χ0n) is 14.5. The van der Waals surface area contributed by atoms with Crippen molar-refractivity contribution in [2.45, 2.75) is 12.7 Å². The number of aryl methyl sites for hydroxylation is 1. The van der Waals surface area contributed by atoms with E-state index in [-0.39, 0.29) is 11.5 Å². The monoisotopic (exact) mass is 409 g/mol. The van der Waals surface area contributed by atoms with Crippen LogP contribution in [0.2, 0.25) is 0 Å². The normalized spacial score (nSPS) is 11.2. The predicted molar refractivity (Wildman–Crippen MR) is 109 cm³/mol. The Morgan fingerprint density at radius 1 is 1.42 bits per heavy atom. The largest absolute Gasteiger partial charge is 0.383 e. The summed E-state index contributed by atoms with van der Waals surface area (Å²) in [6, 6.07) is 4.08. The highest BCUT2D eigenvalue weighted by Crippen LogP contribution is 2.35. The van der Waals surface area contributed by atoms with E-state index in [1.54, 1.807) is 18.4 Å². The van der Waals surface area contributed by atoms with Gasteiger partial charge in [-0.1, -0.05) is 0 Å². The van der Waals surface area contributed by atoms with E-state index in [1.807, 2.05) is 24.4 Å². The maximum Gasteiger partial charge on any atom is 0.260 e. The molecular weight excluding hydrogens is 390 g/mol. The zero-order valence-corrected chi connectivity index (χ0v) is 16.9. The number of ether oxygens (including phenoxy) is 1. The lowest BCUT2D eigenvalue weighted by Crippen LogP contribution is -2.28. The van der Waals surface area contributed by atoms with Crippen molar-refractivity contribution in [1.82, 2.24) is 15.3 Å². The molecule has 26 heavy (non-hydrogen) atoms. The molecule has 0 unspecified atom stereocenters. The average molecular weight is 410 g/mol. The Hall–Kier alpha value is -1.68. The molecule has 138 valence electrons. The molecule has 0 saturated heterocycles. The van der Waals surface area contributed by atoms with Crippen LogP contribution < -0.4 is 10.9 Å². The van der Waals surface area contributed by atoms with E-state index in [0.717, 1.165) is 15.3 Å². The maximum absolute atomic E-state index is 12.5. The first-order valence-electron chi connectivity index (χ1n) is 7.99. The molecule has 3 rings (SSSR count). The molecule has 0 fully saturated rings. The number of H-pyrrole nitrogens is 1. The molecule has 0 saturated carbocycles. The standard InChI is InChI=1S/C17H19N3O3S3/c1-10-3-4-12(26-10)11-7-25-17-15(11)16(22)19-13(20-17)8-24-9-14(21)18-5-6-23-2/h3-4,7H,5-6,8-9H2,1-2H3,(H,18,21)(H,19,20,22). The summed E-state index contributed by atoms with van der Waals surface area (Å²) >= 11 is 4.56. The third-order valence-corrected chi connectivity index (χ3v) is 6.45. The summed E-state index contributed by atoms with van der Waals surface area (Å²) in [5, 5.41) is 5.39. The summed E-state index contributed by atoms with van der Waals surface area (Å²) in [6.07, 6.45) is 0. The molecule has 9 heteroatoms. The van der Waals surface area contributed by atoms with Gasteiger partial charge in [-0.15, -0.1) is 34.4 Å². The van der Waals surface area contributed by atoms with Gasteiger partial charge in [0.2, 0.25) is 5.91 Å². The van der Waals surface area contributed by atoms with Crippen LogP contribution in [0.25, 0.3) is 20.7 Å². The molecule has 0 radical (unpaired) electrons. The van der Waals surface area contributed by atoms with E-state index in [9.17, 15) is 9.59 Å². The maximum atomic E-state index is 12.5. The van der Waals surface area contributed by atoms with Crippen molar-refractivity contribution >= 4 is 50.6 Å². The van der Waals surface area contributed by atoms with E-state index in [0.29, 0.717) is 35.9 Å². The summed E-state index contributed by atoms with van der Waals surface area (Å²) in [7, 11) is 1.59. The van der Waals surface area contributed by atoms with Gasteiger partial charge in [-0.3, -0.25) is 9.59 Å². The lowest BCUT2D eigenvalue weighted by molar-refractivity contribution is -0.118. The zero-order chi connectivity index (χ0) is 18.5. The second kappa shape index (κ2) is 8.81. The fraction of sp³-hybridized carbons (Fsp3) is 0.353. The molecular formula is C17H19N3O3S3. The Kier molecular flexibility index (Phi) is 6.47. The van der Waals surface area contributed by atoms with Crippen LogP contribution in [0.5, 0.6) is 0 Å². The number of nitrogens with zero attached hydrogens (tertiary/aromatic N) is 1. The van der Waals surface area contributed by atoms with Crippen LogP contribution in [0.1, 0.15) is 10.7 Å². The van der Waals surface area contributed by atoms with Gasteiger partial charge in [-0.25, -0.2) is 4.98 Å². The highest BCUT2D eigenvalue weighted by molar-refractivity contribution is 7.99. The van der Waals surface area contributed by atoms with Gasteiger partial charge in [0.1, 0.15) is 10.7 Å². The molecule has 0 aliphatic rings. The van der Waals surface area contributed by atoms with Crippen molar-refractivity contribution in [3.05, 3.63) is 38.6 Å². The number of carbonyl (C=O) groups excluding carboxylic acids is 1. The molecule has 0 aliphatic carbocycles. The number of hydrogen-bond acceptors (Lipinski definition) is 7. The summed E-state index contributed by atoms with van der Waals surface area (Å²) in [4.78, 5) is 34.6. The second-order valence-corrected chi connectivity index (χ2v) is 8.72. The van der Waals surface area contributed by atoms with Crippen LogP contribution in [0.3, 0.4) is 0 Å². The summed E-state index contributed by atoms with van der Waals surface area (Å²) in [5.74, 6) is 1.33. The molecule has 3 aromatic rings. The van der Waals surface area contributed by atoms with Gasteiger partial charge in [-0.2, -0.15) is 0 Å². The van der Waals surface area contributed by atoms with Crippen molar-refractivity contribution in [3.63, 3.8) is 0 Å². The van der Waals surface area contributed by atoms with Crippen molar-refractivity contribution in [3.8, 4) is 10.4 Å². The molecule has 3 aromatic heterocycles. The van der Waals surface area contributed by atoms with Crippen LogP contribution in [0.4, 0.5) is 0 Å². The third-order valence-electron chi connectivity index (χ3n) is 3.60. The number of amides is 1. The van der Waals surface area contributed by atoms with Crippen molar-refractivity contribution in [2.75, 3.05) is 26.0 Å². The topological polar surface area (TPSA) is 84.1 Å². The van der Waals surface area contributed by atoms with E-state index in [2.05, 4.69) is 15.3 Å². The minimum atomic E-state index is -0.127. The number of methoxy groups -OCH3 is 1. The van der Waals surface area contributed by atoms with Crippen LogP contribution >= 0.6 is 34.4 Å². The Labute approximate surface area is 163 Å². The number of aromatic nitrogens is 2. The lowest BCUT2D eigenvalue weighted by Gasteiger charge is -2.04. The van der Waals surface area contributed by atoms with Crippen LogP contribution in [0, 0.1) is 6.92 Å². The smallest absolute Gasteiger partial charge is 0.260 e. The fourth-order valence-electron chi connectivity index (χ4n) is 2.41. The molecule has 1 amide bonds. The van der Waals surface area contributed by atoms with Gasteiger partial charge < -0.3 is 15.0 Å². The van der Waals surface area contributed by atoms with Crippen LogP contribution in [-0.2, 0) is 15.3 Å². The highest BCUT2D eigenvalue weighted by atomic mass is 32.2. The van der Waals surface area contributed by atoms with Gasteiger partial charge in [0.25, 0.3) is 5.56 Å². The van der Waals surface area contributed by atoms with Gasteiger partial charge in [0.05, 0.1) is 23.5 Å². The van der Waals surface area contributed by atoms with Crippen LogP contribution in [-0.4, -0.2) is 41.9 Å². The molecule has 0 aliphatic heterocycles. The van der Waals surface area contributed by atoms with Crippen molar-refractivity contribution in [2.24, 2.45) is 0 Å². The highest BCUT2D eigenvalue weighted by Gasteiger charge is 2.14. The van der Waals surface area contributed by atoms with Gasteiger partial charge in [0, 0.05) is 34.4 Å². The number of fused-ring (bicyclic) bond motifs is 1. The van der Waals surface area contributed by atoms with Gasteiger partial charge >= 0.3 is 0 Å². The molecule has 3 heterocycles. The minimum Gasteiger partial charge on any atom is -0.383 e. The second-order valence-electron chi connectivity index (χ2n) is 5.59. The molecule has 0 atom stereocenters. The van der Waals surface area contributed by atoms with Gasteiger partial charge in [-0.05, 0) is 19.1 Å². The first-order chi connectivity index (χ1) is 12.6. The van der Waals surface area contributed by atoms with Crippen molar-refractivity contribution in [1.29, 1.82) is 0 Å². The molecule has 2 N–H and O–H groups in total. The van der Waals surface area contributed by atoms with E-state index in [4.69, 9.17) is 4.74 Å². The average Bonchev–Trinajstić information content (AvgIpc) is 3.21. The number of nitrogens with one attached hydrogen (secondary N) is 2. The fourth-order valence-corrected chi connectivity index (χ4v) is 5.05. The third kappa shape index (κ3) is 4.53. The quantitative estimate of drug-likeness (QED) is 0.559. The number of thioether (sulfide) groups is 1. The molecule has 0 aromatic carbocycles. The minimum absolute atomic E-state index is 0.0537. The number of carbonyl (C=O) groups is 1. The first-order valence-corrected chi connectivity index (χ1v) is 10.8. The van der Waals surface area contributed by atoms with E-state index < -0.39 is 0 Å². The summed E-state index contributed by atoms with van der Waals surface area (Å²) < 4.78 is 4.89. The number of aromatic amines is 1. The van der Waals surface area contributed by atoms with E-state index >= 15 is 0 Å². The van der Waals surface area contributed by atoms with Crippen LogP contribution in [0.15, 0.2) is 22.3 Å². The van der Waals surface area contributed by atoms with Gasteiger partial charge in [0.15, 0.2) is 0 Å². The van der Waals surface area contributed by atoms with Crippen molar-refractivity contribution < 1.29 is 9.53 Å². The molecule has 0 bridgehead atoms. The predicted octanol–water partition coefficient (Wildman–Crippen LogP) is 3.02. The lowest BCUT2D eigenvalue weighted by atomic mass is 10.2. The number of thiophene rings is 2. The summed E-state index contributed by atoms with van der Waals surface area (Å²) in [6.45, 7) is 3.04. The Morgan fingerprint density at radius 3 is 3.00 bits per heavy atom. The number of hydrogen-bond donors (Lipinski definition) is 2.